The van der Waals surface area contributed by atoms with Crippen LogP contribution in [0.4, 0.5) is 0 Å². The quantitative estimate of drug-likeness (QED) is 0.305. The molecule has 0 aromatic heterocycles. The van der Waals surface area contributed by atoms with E-state index in [1.807, 2.05) is 11.1 Å². The monoisotopic (exact) mass is 442 g/mol. The highest BCUT2D eigenvalue weighted by Crippen LogP contribution is 2.66. The molecule has 2 nitrogen and oxygen atoms in total. The third-order valence-corrected chi connectivity index (χ3v) is 11.3. The molecule has 0 amide bonds. The van der Waals surface area contributed by atoms with Gasteiger partial charge in [-0.3, -0.25) is 4.79 Å². The van der Waals surface area contributed by atoms with Crippen LogP contribution in [-0.2, 0) is 9.53 Å². The van der Waals surface area contributed by atoms with Crippen molar-refractivity contribution in [2.45, 2.75) is 125 Å². The topological polar surface area (TPSA) is 26.3 Å². The van der Waals surface area contributed by atoms with Crippen molar-refractivity contribution in [1.82, 2.24) is 0 Å². The lowest BCUT2D eigenvalue weighted by atomic mass is 9.48. The molecule has 3 saturated carbocycles. The minimum Gasteiger partial charge on any atom is -0.463 e. The highest BCUT2D eigenvalue weighted by molar-refractivity contribution is 5.66. The average Bonchev–Trinajstić information content (AvgIpc) is 3.08. The Bertz CT molecular complexity index is 735. The van der Waals surface area contributed by atoms with Gasteiger partial charge >= 0.3 is 5.97 Å². The zero-order valence-corrected chi connectivity index (χ0v) is 22.1. The summed E-state index contributed by atoms with van der Waals surface area (Å²) < 4.78 is 5.65. The molecule has 0 aromatic rings. The van der Waals surface area contributed by atoms with Gasteiger partial charge in [-0.15, -0.1) is 0 Å². The van der Waals surface area contributed by atoms with Crippen molar-refractivity contribution >= 4 is 5.97 Å². The van der Waals surface area contributed by atoms with E-state index in [4.69, 9.17) is 4.74 Å². The number of allylic oxidation sites excluding steroid dienone is 2. The van der Waals surface area contributed by atoms with Crippen molar-refractivity contribution in [1.29, 1.82) is 0 Å². The molecule has 4 rings (SSSR count). The molecule has 32 heavy (non-hydrogen) atoms. The van der Waals surface area contributed by atoms with Crippen LogP contribution in [0.15, 0.2) is 11.1 Å². The number of ether oxygens (including phenoxy) is 1. The highest BCUT2D eigenvalue weighted by Gasteiger charge is 2.55. The molecule has 0 saturated heterocycles. The molecule has 0 heterocycles. The Kier molecular flexibility index (Phi) is 6.92. The molecule has 0 bridgehead atoms. The van der Waals surface area contributed by atoms with Gasteiger partial charge in [-0.05, 0) is 104 Å². The van der Waals surface area contributed by atoms with Gasteiger partial charge in [-0.2, -0.15) is 0 Å². The Morgan fingerprint density at radius 2 is 1.75 bits per heavy atom. The summed E-state index contributed by atoms with van der Waals surface area (Å²) in [4.78, 5) is 11.5. The van der Waals surface area contributed by atoms with E-state index in [-0.39, 0.29) is 12.1 Å². The molecule has 0 radical (unpaired) electrons. The lowest BCUT2D eigenvalue weighted by Crippen LogP contribution is -2.48. The highest BCUT2D eigenvalue weighted by atomic mass is 16.5. The SMILES string of the molecule is CC(=O)O[C@@H]1CC[C@@]2(C)[C@@H](CCC3=C4CC[C@@H]([C@H](C)CC[C@H](C)C(C)C)[C@]4(C)CC[C@H]32)C1. The van der Waals surface area contributed by atoms with E-state index in [1.165, 1.54) is 57.8 Å². The molecule has 0 N–H and O–H groups in total. The fraction of sp³-hybridized carbons (Fsp3) is 0.900. The van der Waals surface area contributed by atoms with Crippen LogP contribution in [0.5, 0.6) is 0 Å². The molecule has 0 aliphatic heterocycles. The van der Waals surface area contributed by atoms with Crippen molar-refractivity contribution in [3.63, 3.8) is 0 Å². The standard InChI is InChI=1S/C30H50O2/c1-19(2)20(3)8-9-21(4)26-12-13-27-25-11-10-23-18-24(32-22(5)31)14-16-29(23,6)28(25)15-17-30(26,27)7/h19-21,23-24,26,28H,8-18H2,1-7H3/t20-,21+,23-,24+,26-,28+,29-,30-/m0/s1. The van der Waals surface area contributed by atoms with Crippen LogP contribution in [0.1, 0.15) is 119 Å². The first-order valence-electron chi connectivity index (χ1n) is 14.0. The first-order valence-corrected chi connectivity index (χ1v) is 14.0. The summed E-state index contributed by atoms with van der Waals surface area (Å²) in [6.07, 6.45) is 14.6. The maximum atomic E-state index is 11.5. The largest absolute Gasteiger partial charge is 0.463 e. The molecule has 0 spiro atoms. The maximum absolute atomic E-state index is 11.5. The molecule has 182 valence electrons. The van der Waals surface area contributed by atoms with Gasteiger partial charge < -0.3 is 4.74 Å². The molecule has 4 aliphatic rings. The molecular formula is C30H50O2. The first-order chi connectivity index (χ1) is 15.1. The second-order valence-electron chi connectivity index (χ2n) is 13.2. The van der Waals surface area contributed by atoms with Gasteiger partial charge in [0.05, 0.1) is 0 Å². The number of hydrogen-bond acceptors (Lipinski definition) is 2. The zero-order valence-electron chi connectivity index (χ0n) is 22.1. The van der Waals surface area contributed by atoms with Crippen molar-refractivity contribution < 1.29 is 9.53 Å². The van der Waals surface area contributed by atoms with Gasteiger partial charge in [0.15, 0.2) is 0 Å². The normalized spacial score (nSPS) is 41.0. The minimum absolute atomic E-state index is 0.0976. The van der Waals surface area contributed by atoms with Gasteiger partial charge in [0.2, 0.25) is 0 Å². The minimum atomic E-state index is -0.0976. The summed E-state index contributed by atoms with van der Waals surface area (Å²) in [7, 11) is 0. The lowest BCUT2D eigenvalue weighted by molar-refractivity contribution is -0.152. The van der Waals surface area contributed by atoms with Gasteiger partial charge in [0.1, 0.15) is 6.10 Å². The van der Waals surface area contributed by atoms with E-state index >= 15 is 0 Å². The summed E-state index contributed by atoms with van der Waals surface area (Å²) in [6.45, 7) is 16.6. The Morgan fingerprint density at radius 1 is 1.00 bits per heavy atom. The lowest BCUT2D eigenvalue weighted by Gasteiger charge is -2.57. The van der Waals surface area contributed by atoms with E-state index in [2.05, 4.69) is 41.5 Å². The summed E-state index contributed by atoms with van der Waals surface area (Å²) in [5.74, 6) is 4.81. The van der Waals surface area contributed by atoms with Crippen LogP contribution in [0.2, 0.25) is 0 Å². The summed E-state index contributed by atoms with van der Waals surface area (Å²) in [6, 6.07) is 0. The molecule has 8 atom stereocenters. The molecular weight excluding hydrogens is 392 g/mol. The Balaban J connectivity index is 1.50. The Labute approximate surface area is 198 Å². The van der Waals surface area contributed by atoms with Crippen LogP contribution in [0, 0.1) is 46.3 Å². The van der Waals surface area contributed by atoms with Gasteiger partial charge in [0.25, 0.3) is 0 Å². The van der Waals surface area contributed by atoms with Gasteiger partial charge in [0, 0.05) is 6.92 Å². The zero-order chi connectivity index (χ0) is 23.3. The van der Waals surface area contributed by atoms with Crippen LogP contribution in [0.3, 0.4) is 0 Å². The summed E-state index contributed by atoms with van der Waals surface area (Å²) >= 11 is 0. The number of esters is 1. The fourth-order valence-corrected chi connectivity index (χ4v) is 8.80. The van der Waals surface area contributed by atoms with Crippen LogP contribution < -0.4 is 0 Å². The van der Waals surface area contributed by atoms with Gasteiger partial charge in [-0.25, -0.2) is 0 Å². The van der Waals surface area contributed by atoms with Crippen LogP contribution in [0.25, 0.3) is 0 Å². The van der Waals surface area contributed by atoms with Gasteiger partial charge in [-0.1, -0.05) is 65.5 Å². The Morgan fingerprint density at radius 3 is 2.44 bits per heavy atom. The second-order valence-corrected chi connectivity index (χ2v) is 13.2. The predicted octanol–water partition coefficient (Wildman–Crippen LogP) is 8.35. The Hall–Kier alpha value is -0.790. The number of rotatable bonds is 6. The van der Waals surface area contributed by atoms with E-state index < -0.39 is 0 Å². The van der Waals surface area contributed by atoms with Crippen molar-refractivity contribution in [2.75, 3.05) is 0 Å². The van der Waals surface area contributed by atoms with E-state index in [1.54, 1.807) is 6.92 Å². The molecule has 0 unspecified atom stereocenters. The van der Waals surface area contributed by atoms with E-state index in [9.17, 15) is 4.79 Å². The third-order valence-electron chi connectivity index (χ3n) is 11.3. The predicted molar refractivity (Wildman–Crippen MR) is 133 cm³/mol. The number of carbonyl (C=O) groups excluding carboxylic acids is 1. The maximum Gasteiger partial charge on any atom is 0.302 e. The summed E-state index contributed by atoms with van der Waals surface area (Å²) in [5, 5.41) is 0. The van der Waals surface area contributed by atoms with Crippen molar-refractivity contribution in [2.24, 2.45) is 46.3 Å². The van der Waals surface area contributed by atoms with Crippen molar-refractivity contribution in [3.8, 4) is 0 Å². The molecule has 0 aromatic carbocycles. The number of carbonyl (C=O) groups is 1. The second kappa shape index (κ2) is 9.10. The molecule has 3 fully saturated rings. The number of fused-ring (bicyclic) bond motifs is 4. The fourth-order valence-electron chi connectivity index (χ4n) is 8.80. The molecule has 4 aliphatic carbocycles. The van der Waals surface area contributed by atoms with Crippen molar-refractivity contribution in [3.05, 3.63) is 11.1 Å². The van der Waals surface area contributed by atoms with E-state index in [0.717, 1.165) is 48.3 Å². The smallest absolute Gasteiger partial charge is 0.302 e. The third kappa shape index (κ3) is 4.22. The van der Waals surface area contributed by atoms with E-state index in [0.29, 0.717) is 10.8 Å². The first kappa shape index (κ1) is 24.3. The van der Waals surface area contributed by atoms with Crippen LogP contribution >= 0.6 is 0 Å². The number of hydrogen-bond donors (Lipinski definition) is 0. The average molecular weight is 443 g/mol. The molecule has 2 heteroatoms. The summed E-state index contributed by atoms with van der Waals surface area (Å²) in [5.41, 5.74) is 4.69. The van der Waals surface area contributed by atoms with Crippen LogP contribution in [-0.4, -0.2) is 12.1 Å².